The Morgan fingerprint density at radius 3 is 2.95 bits per heavy atom. The molecule has 5 heteroatoms. The number of aryl methyl sites for hydroxylation is 1. The van der Waals surface area contributed by atoms with E-state index in [4.69, 9.17) is 0 Å². The summed E-state index contributed by atoms with van der Waals surface area (Å²) in [5, 5.41) is 8.14. The largest absolute Gasteiger partial charge is 0.342 e. The van der Waals surface area contributed by atoms with Crippen molar-refractivity contribution in [2.75, 3.05) is 0 Å². The Bertz CT molecular complexity index is 903. The van der Waals surface area contributed by atoms with Crippen LogP contribution in [0.25, 0.3) is 22.1 Å². The maximum Gasteiger partial charge on any atom is 0.113 e. The number of aromatic nitrogens is 5. The Labute approximate surface area is 115 Å². The Hall–Kier alpha value is -2.69. The van der Waals surface area contributed by atoms with E-state index in [2.05, 4.69) is 44.3 Å². The lowest BCUT2D eigenvalue weighted by molar-refractivity contribution is 0.735. The van der Waals surface area contributed by atoms with Crippen molar-refractivity contribution >= 4 is 22.1 Å². The van der Waals surface area contributed by atoms with E-state index >= 15 is 0 Å². The van der Waals surface area contributed by atoms with E-state index < -0.39 is 0 Å². The number of rotatable bonds is 2. The summed E-state index contributed by atoms with van der Waals surface area (Å²) in [6.45, 7) is 0.816. The Morgan fingerprint density at radius 2 is 2.00 bits per heavy atom. The van der Waals surface area contributed by atoms with Gasteiger partial charge in [0.25, 0.3) is 0 Å². The summed E-state index contributed by atoms with van der Waals surface area (Å²) >= 11 is 0. The lowest BCUT2D eigenvalue weighted by Gasteiger charge is -2.05. The van der Waals surface area contributed by atoms with E-state index in [-0.39, 0.29) is 0 Å². The normalized spacial score (nSPS) is 11.4. The van der Waals surface area contributed by atoms with Crippen molar-refractivity contribution in [1.29, 1.82) is 0 Å². The molecule has 0 atom stereocenters. The average Bonchev–Trinajstić information content (AvgIpc) is 3.05. The van der Waals surface area contributed by atoms with Gasteiger partial charge in [0.2, 0.25) is 0 Å². The standard InChI is InChI=1S/C15H13N5/c1-19-15-9-11(4-5-13(15)17-18-19)10-20-8-6-12-14(20)3-2-7-16-12/h2-9H,10H2,1H3. The van der Waals surface area contributed by atoms with Crippen LogP contribution in [0.3, 0.4) is 0 Å². The minimum atomic E-state index is 0.816. The first-order valence-corrected chi connectivity index (χ1v) is 6.49. The second-order valence-corrected chi connectivity index (χ2v) is 4.89. The molecular formula is C15H13N5. The lowest BCUT2D eigenvalue weighted by atomic mass is 10.2. The highest BCUT2D eigenvalue weighted by molar-refractivity contribution is 5.76. The van der Waals surface area contributed by atoms with E-state index in [0.717, 1.165) is 28.6 Å². The molecule has 0 aliphatic rings. The molecule has 98 valence electrons. The number of pyridine rings is 1. The topological polar surface area (TPSA) is 48.5 Å². The van der Waals surface area contributed by atoms with Crippen LogP contribution in [-0.2, 0) is 13.6 Å². The molecule has 1 aromatic carbocycles. The Balaban J connectivity index is 1.78. The van der Waals surface area contributed by atoms with E-state index in [1.165, 1.54) is 5.56 Å². The predicted octanol–water partition coefficient (Wildman–Crippen LogP) is 2.37. The van der Waals surface area contributed by atoms with Gasteiger partial charge in [-0.15, -0.1) is 5.10 Å². The fourth-order valence-electron chi connectivity index (χ4n) is 2.53. The minimum absolute atomic E-state index is 0.816. The van der Waals surface area contributed by atoms with E-state index in [0.29, 0.717) is 0 Å². The second kappa shape index (κ2) is 4.16. The predicted molar refractivity (Wildman–Crippen MR) is 77.3 cm³/mol. The van der Waals surface area contributed by atoms with E-state index in [9.17, 15) is 0 Å². The van der Waals surface area contributed by atoms with Gasteiger partial charge in [0.05, 0.1) is 16.6 Å². The molecule has 3 heterocycles. The zero-order valence-corrected chi connectivity index (χ0v) is 11.1. The van der Waals surface area contributed by atoms with Gasteiger partial charge in [0.1, 0.15) is 5.52 Å². The van der Waals surface area contributed by atoms with Crippen LogP contribution >= 0.6 is 0 Å². The molecular weight excluding hydrogens is 250 g/mol. The molecule has 0 saturated heterocycles. The molecule has 4 aromatic rings. The highest BCUT2D eigenvalue weighted by Crippen LogP contribution is 2.17. The summed E-state index contributed by atoms with van der Waals surface area (Å²) < 4.78 is 4.00. The number of fused-ring (bicyclic) bond motifs is 2. The molecule has 0 amide bonds. The number of benzene rings is 1. The van der Waals surface area contributed by atoms with E-state index in [1.54, 1.807) is 4.68 Å². The summed E-state index contributed by atoms with van der Waals surface area (Å²) in [4.78, 5) is 4.35. The molecule has 0 aliphatic carbocycles. The average molecular weight is 263 g/mol. The summed E-state index contributed by atoms with van der Waals surface area (Å²) in [5.41, 5.74) is 5.38. The van der Waals surface area contributed by atoms with Gasteiger partial charge in [-0.2, -0.15) is 0 Å². The van der Waals surface area contributed by atoms with Gasteiger partial charge in [-0.3, -0.25) is 4.98 Å². The van der Waals surface area contributed by atoms with Crippen molar-refractivity contribution in [1.82, 2.24) is 24.5 Å². The number of nitrogens with zero attached hydrogens (tertiary/aromatic N) is 5. The molecule has 0 aliphatic heterocycles. The third kappa shape index (κ3) is 1.67. The highest BCUT2D eigenvalue weighted by Gasteiger charge is 2.05. The van der Waals surface area contributed by atoms with Gasteiger partial charge in [0, 0.05) is 26.0 Å². The third-order valence-electron chi connectivity index (χ3n) is 3.57. The van der Waals surface area contributed by atoms with Gasteiger partial charge in [-0.25, -0.2) is 4.68 Å². The fourth-order valence-corrected chi connectivity index (χ4v) is 2.53. The fraction of sp³-hybridized carbons (Fsp3) is 0.133. The monoisotopic (exact) mass is 263 g/mol. The van der Waals surface area contributed by atoms with Gasteiger partial charge >= 0.3 is 0 Å². The third-order valence-corrected chi connectivity index (χ3v) is 3.57. The molecule has 3 aromatic heterocycles. The van der Waals surface area contributed by atoms with Crippen LogP contribution in [0.5, 0.6) is 0 Å². The van der Waals surface area contributed by atoms with Crippen molar-refractivity contribution in [3.8, 4) is 0 Å². The summed E-state index contributed by atoms with van der Waals surface area (Å²) in [5.74, 6) is 0. The second-order valence-electron chi connectivity index (χ2n) is 4.89. The molecule has 0 radical (unpaired) electrons. The van der Waals surface area contributed by atoms with Crippen molar-refractivity contribution in [3.05, 3.63) is 54.4 Å². The van der Waals surface area contributed by atoms with Crippen LogP contribution < -0.4 is 0 Å². The number of hydrogen-bond donors (Lipinski definition) is 0. The van der Waals surface area contributed by atoms with Crippen molar-refractivity contribution in [3.63, 3.8) is 0 Å². The molecule has 0 bridgehead atoms. The lowest BCUT2D eigenvalue weighted by Crippen LogP contribution is -1.98. The molecule has 0 N–H and O–H groups in total. The highest BCUT2D eigenvalue weighted by atomic mass is 15.4. The van der Waals surface area contributed by atoms with Crippen molar-refractivity contribution < 1.29 is 0 Å². The minimum Gasteiger partial charge on any atom is -0.342 e. The maximum absolute atomic E-state index is 4.35. The van der Waals surface area contributed by atoms with Crippen molar-refractivity contribution in [2.24, 2.45) is 7.05 Å². The quantitative estimate of drug-likeness (QED) is 0.558. The Kier molecular flexibility index (Phi) is 2.32. The van der Waals surface area contributed by atoms with Gasteiger partial charge in [-0.1, -0.05) is 11.3 Å². The zero-order chi connectivity index (χ0) is 13.5. The van der Waals surface area contributed by atoms with Crippen LogP contribution in [0.15, 0.2) is 48.8 Å². The molecule has 0 saturated carbocycles. The van der Waals surface area contributed by atoms with Crippen LogP contribution in [0.1, 0.15) is 5.56 Å². The smallest absolute Gasteiger partial charge is 0.113 e. The van der Waals surface area contributed by atoms with Gasteiger partial charge in [-0.05, 0) is 35.9 Å². The first-order valence-electron chi connectivity index (χ1n) is 6.49. The van der Waals surface area contributed by atoms with Crippen LogP contribution in [0.4, 0.5) is 0 Å². The molecule has 5 nitrogen and oxygen atoms in total. The van der Waals surface area contributed by atoms with Crippen LogP contribution in [0.2, 0.25) is 0 Å². The first-order chi connectivity index (χ1) is 9.81. The maximum atomic E-state index is 4.35. The first kappa shape index (κ1) is 11.2. The van der Waals surface area contributed by atoms with Crippen molar-refractivity contribution in [2.45, 2.75) is 6.54 Å². The molecule has 0 fully saturated rings. The van der Waals surface area contributed by atoms with E-state index in [1.807, 2.05) is 31.4 Å². The summed E-state index contributed by atoms with van der Waals surface area (Å²) in [6, 6.07) is 12.3. The molecule has 4 rings (SSSR count). The van der Waals surface area contributed by atoms with Gasteiger partial charge < -0.3 is 4.57 Å². The summed E-state index contributed by atoms with van der Waals surface area (Å²) in [6.07, 6.45) is 3.89. The zero-order valence-electron chi connectivity index (χ0n) is 11.1. The molecule has 0 spiro atoms. The van der Waals surface area contributed by atoms with Gasteiger partial charge in [0.15, 0.2) is 0 Å². The summed E-state index contributed by atoms with van der Waals surface area (Å²) in [7, 11) is 1.91. The number of hydrogen-bond acceptors (Lipinski definition) is 3. The van der Waals surface area contributed by atoms with Crippen LogP contribution in [0, 0.1) is 0 Å². The molecule has 20 heavy (non-hydrogen) atoms. The Morgan fingerprint density at radius 1 is 1.05 bits per heavy atom. The van der Waals surface area contributed by atoms with Crippen LogP contribution in [-0.4, -0.2) is 24.5 Å². The molecule has 0 unspecified atom stereocenters. The SMILES string of the molecule is Cn1nnc2ccc(Cn3ccc4ncccc43)cc21.